The number of benzene rings is 2. The smallest absolute Gasteiger partial charge is 0.119 e. The van der Waals surface area contributed by atoms with Gasteiger partial charge in [0.1, 0.15) is 11.5 Å². The molecule has 0 N–H and O–H groups in total. The molecule has 0 aliphatic heterocycles. The van der Waals surface area contributed by atoms with Gasteiger partial charge in [0.05, 0.1) is 24.6 Å². The monoisotopic (exact) mass is 452 g/mol. The van der Waals surface area contributed by atoms with E-state index in [0.29, 0.717) is 13.2 Å². The molecule has 0 saturated carbocycles. The van der Waals surface area contributed by atoms with E-state index < -0.39 is 0 Å². The van der Waals surface area contributed by atoms with Crippen LogP contribution >= 0.6 is 0 Å². The van der Waals surface area contributed by atoms with Crippen molar-refractivity contribution < 1.29 is 9.47 Å². The molecule has 0 aliphatic carbocycles. The van der Waals surface area contributed by atoms with Crippen LogP contribution in [0.2, 0.25) is 0 Å². The zero-order valence-corrected chi connectivity index (χ0v) is 19.1. The first-order valence-corrected chi connectivity index (χ1v) is 11.5. The lowest BCUT2D eigenvalue weighted by Crippen LogP contribution is -1.99. The maximum absolute atomic E-state index is 5.81. The highest BCUT2D eigenvalue weighted by Gasteiger charge is 1.99. The van der Waals surface area contributed by atoms with Crippen molar-refractivity contribution in [3.8, 4) is 11.5 Å². The van der Waals surface area contributed by atoms with Gasteiger partial charge >= 0.3 is 0 Å². The van der Waals surface area contributed by atoms with E-state index >= 15 is 0 Å². The predicted octanol–water partition coefficient (Wildman–Crippen LogP) is 6.92. The van der Waals surface area contributed by atoms with Crippen molar-refractivity contribution in [2.75, 3.05) is 13.2 Å². The number of hydrogen-bond acceptors (Lipinski definition) is 6. The summed E-state index contributed by atoms with van der Waals surface area (Å²) in [6, 6.07) is 23.4. The third kappa shape index (κ3) is 7.81. The van der Waals surface area contributed by atoms with E-state index in [9.17, 15) is 0 Å². The topological polar surface area (TPSA) is 69.0 Å². The van der Waals surface area contributed by atoms with E-state index in [1.165, 1.54) is 11.1 Å². The second kappa shape index (κ2) is 12.8. The lowest BCUT2D eigenvalue weighted by Gasteiger charge is -2.06. The van der Waals surface area contributed by atoms with Crippen molar-refractivity contribution in [3.63, 3.8) is 0 Å². The number of rotatable bonds is 12. The van der Waals surface area contributed by atoms with Gasteiger partial charge in [-0.05, 0) is 97.5 Å². The number of nitrogens with zero attached hydrogens (tertiary/aromatic N) is 4. The van der Waals surface area contributed by atoms with Gasteiger partial charge in [-0.2, -0.15) is 10.2 Å². The molecule has 0 saturated heterocycles. The molecule has 172 valence electrons. The summed E-state index contributed by atoms with van der Waals surface area (Å²) in [5.41, 5.74) is 4.00. The van der Waals surface area contributed by atoms with Crippen molar-refractivity contribution >= 4 is 11.4 Å². The summed E-state index contributed by atoms with van der Waals surface area (Å²) >= 11 is 0. The number of pyridine rings is 2. The Balaban J connectivity index is 1.16. The molecule has 0 radical (unpaired) electrons. The van der Waals surface area contributed by atoms with Gasteiger partial charge in [0, 0.05) is 24.8 Å². The van der Waals surface area contributed by atoms with Gasteiger partial charge in [0.2, 0.25) is 0 Å². The maximum Gasteiger partial charge on any atom is 0.119 e. The fraction of sp³-hybridized carbons (Fsp3) is 0.214. The lowest BCUT2D eigenvalue weighted by molar-refractivity contribution is 0.311. The molecule has 6 heteroatoms. The van der Waals surface area contributed by atoms with Crippen molar-refractivity contribution in [2.45, 2.75) is 25.7 Å². The SMILES string of the molecule is c1cncc(CCCOc2ccc(N=Nc3ccc(OCCCc4cccnc4)cc3)cc2)c1. The fourth-order valence-electron chi connectivity index (χ4n) is 3.36. The predicted molar refractivity (Wildman–Crippen MR) is 133 cm³/mol. The second-order valence-electron chi connectivity index (χ2n) is 7.81. The molecular formula is C28H28N4O2. The van der Waals surface area contributed by atoms with Crippen LogP contribution in [0.5, 0.6) is 11.5 Å². The molecular weight excluding hydrogens is 424 g/mol. The number of azo groups is 1. The first kappa shape index (κ1) is 23.1. The van der Waals surface area contributed by atoms with E-state index in [2.05, 4.69) is 32.3 Å². The van der Waals surface area contributed by atoms with Gasteiger partial charge in [0.15, 0.2) is 0 Å². The van der Waals surface area contributed by atoms with Crippen LogP contribution in [-0.4, -0.2) is 23.2 Å². The van der Waals surface area contributed by atoms with Crippen LogP contribution in [0.1, 0.15) is 24.0 Å². The Kier molecular flexibility index (Phi) is 8.73. The molecule has 2 aromatic heterocycles. The molecule has 0 fully saturated rings. The largest absolute Gasteiger partial charge is 0.494 e. The quantitative estimate of drug-likeness (QED) is 0.173. The Hall–Kier alpha value is -4.06. The molecule has 0 atom stereocenters. The minimum absolute atomic E-state index is 0.660. The minimum Gasteiger partial charge on any atom is -0.494 e. The van der Waals surface area contributed by atoms with E-state index in [4.69, 9.17) is 9.47 Å². The highest BCUT2D eigenvalue weighted by Crippen LogP contribution is 2.23. The number of aryl methyl sites for hydroxylation is 2. The van der Waals surface area contributed by atoms with Gasteiger partial charge in [-0.1, -0.05) is 12.1 Å². The summed E-state index contributed by atoms with van der Waals surface area (Å²) in [5.74, 6) is 1.66. The number of aromatic nitrogens is 2. The van der Waals surface area contributed by atoms with Gasteiger partial charge in [-0.15, -0.1) is 0 Å². The Morgan fingerprint density at radius 2 is 1.00 bits per heavy atom. The molecule has 0 aliphatic rings. The van der Waals surface area contributed by atoms with Gasteiger partial charge in [0.25, 0.3) is 0 Å². The van der Waals surface area contributed by atoms with Crippen LogP contribution in [-0.2, 0) is 12.8 Å². The summed E-state index contributed by atoms with van der Waals surface area (Å²) in [6.07, 6.45) is 11.2. The molecule has 0 amide bonds. The molecule has 0 bridgehead atoms. The van der Waals surface area contributed by atoms with E-state index in [-0.39, 0.29) is 0 Å². The minimum atomic E-state index is 0.660. The highest BCUT2D eigenvalue weighted by atomic mass is 16.5. The van der Waals surface area contributed by atoms with Gasteiger partial charge < -0.3 is 9.47 Å². The van der Waals surface area contributed by atoms with Crippen molar-refractivity contribution in [2.24, 2.45) is 10.2 Å². The molecule has 4 aromatic rings. The fourth-order valence-corrected chi connectivity index (χ4v) is 3.36. The average Bonchev–Trinajstić information content (AvgIpc) is 2.90. The van der Waals surface area contributed by atoms with Crippen LogP contribution in [0.25, 0.3) is 0 Å². The van der Waals surface area contributed by atoms with Crippen molar-refractivity contribution in [1.29, 1.82) is 0 Å². The van der Waals surface area contributed by atoms with Crippen LogP contribution in [0.4, 0.5) is 11.4 Å². The van der Waals surface area contributed by atoms with E-state index in [1.54, 1.807) is 12.4 Å². The van der Waals surface area contributed by atoms with Crippen LogP contribution in [0.3, 0.4) is 0 Å². The normalized spacial score (nSPS) is 10.9. The van der Waals surface area contributed by atoms with Crippen LogP contribution in [0.15, 0.2) is 108 Å². The first-order chi connectivity index (χ1) is 16.8. The highest BCUT2D eigenvalue weighted by molar-refractivity contribution is 5.44. The van der Waals surface area contributed by atoms with Crippen molar-refractivity contribution in [3.05, 3.63) is 109 Å². The van der Waals surface area contributed by atoms with Crippen LogP contribution in [0, 0.1) is 0 Å². The number of ether oxygens (including phenoxy) is 2. The zero-order chi connectivity index (χ0) is 23.3. The van der Waals surface area contributed by atoms with Crippen LogP contribution < -0.4 is 9.47 Å². The molecule has 2 aromatic carbocycles. The molecule has 0 spiro atoms. The summed E-state index contributed by atoms with van der Waals surface area (Å²) in [5, 5.41) is 8.62. The Morgan fingerprint density at radius 3 is 1.38 bits per heavy atom. The van der Waals surface area contributed by atoms with Gasteiger partial charge in [-0.25, -0.2) is 0 Å². The first-order valence-electron chi connectivity index (χ1n) is 11.5. The Bertz CT molecular complexity index is 1040. The summed E-state index contributed by atoms with van der Waals surface area (Å²) in [4.78, 5) is 8.26. The molecule has 0 unspecified atom stereocenters. The van der Waals surface area contributed by atoms with Gasteiger partial charge in [-0.3, -0.25) is 9.97 Å². The lowest BCUT2D eigenvalue weighted by atomic mass is 10.2. The zero-order valence-electron chi connectivity index (χ0n) is 19.1. The van der Waals surface area contributed by atoms with Crippen molar-refractivity contribution in [1.82, 2.24) is 9.97 Å². The maximum atomic E-state index is 5.81. The summed E-state index contributed by atoms with van der Waals surface area (Å²) in [7, 11) is 0. The average molecular weight is 453 g/mol. The van der Waals surface area contributed by atoms with E-state index in [0.717, 1.165) is 48.6 Å². The molecule has 6 nitrogen and oxygen atoms in total. The second-order valence-corrected chi connectivity index (χ2v) is 7.81. The molecule has 34 heavy (non-hydrogen) atoms. The Morgan fingerprint density at radius 1 is 0.559 bits per heavy atom. The molecule has 4 rings (SSSR count). The summed E-state index contributed by atoms with van der Waals surface area (Å²) < 4.78 is 11.6. The Labute approximate surface area is 200 Å². The third-order valence-electron chi connectivity index (χ3n) is 5.16. The standard InChI is InChI=1S/C28H28N4O2/c1-5-23(21-29-17-1)7-3-19-33-27-13-9-25(10-14-27)31-32-26-11-15-28(16-12-26)34-20-4-8-24-6-2-18-30-22-24/h1-2,5-6,9-18,21-22H,3-4,7-8,19-20H2. The summed E-state index contributed by atoms with van der Waals surface area (Å²) in [6.45, 7) is 1.32. The van der Waals surface area contributed by atoms with E-state index in [1.807, 2.05) is 73.1 Å². The molecule has 2 heterocycles. The number of hydrogen-bond donors (Lipinski definition) is 0. The third-order valence-corrected chi connectivity index (χ3v) is 5.16.